The molecule has 0 aliphatic carbocycles. The molecule has 1 unspecified atom stereocenters. The third-order valence-electron chi connectivity index (χ3n) is 2.85. The van der Waals surface area contributed by atoms with E-state index in [4.69, 9.17) is 10.5 Å². The Morgan fingerprint density at radius 1 is 1.39 bits per heavy atom. The molecule has 1 heterocycles. The second-order valence-electron chi connectivity index (χ2n) is 4.44. The Labute approximate surface area is 112 Å². The van der Waals surface area contributed by atoms with Gasteiger partial charge in [-0.1, -0.05) is 17.7 Å². The zero-order valence-corrected chi connectivity index (χ0v) is 11.8. The maximum atomic E-state index is 6.27. The van der Waals surface area contributed by atoms with Crippen LogP contribution in [0.1, 0.15) is 27.9 Å². The fraction of sp³-hybridized carbons (Fsp3) is 0.357. The van der Waals surface area contributed by atoms with Gasteiger partial charge in [0.2, 0.25) is 0 Å². The van der Waals surface area contributed by atoms with Gasteiger partial charge in [-0.2, -0.15) is 0 Å². The number of ether oxygens (including phenoxy) is 1. The Bertz CT molecular complexity index is 536. The summed E-state index contributed by atoms with van der Waals surface area (Å²) in [5.74, 6) is 0.848. The van der Waals surface area contributed by atoms with Crippen LogP contribution in [-0.4, -0.2) is 12.1 Å². The minimum atomic E-state index is -0.0783. The van der Waals surface area contributed by atoms with Gasteiger partial charge >= 0.3 is 0 Å². The predicted octanol–water partition coefficient (Wildman–Crippen LogP) is 3.01. The highest BCUT2D eigenvalue weighted by Gasteiger charge is 2.14. The van der Waals surface area contributed by atoms with Crippen molar-refractivity contribution in [3.05, 3.63) is 45.4 Å². The molecule has 0 radical (unpaired) electrons. The molecule has 0 bridgehead atoms. The minimum absolute atomic E-state index is 0.0783. The Kier molecular flexibility index (Phi) is 3.99. The monoisotopic (exact) mass is 262 g/mol. The summed E-state index contributed by atoms with van der Waals surface area (Å²) in [5.41, 5.74) is 9.56. The first-order chi connectivity index (χ1) is 8.60. The predicted molar refractivity (Wildman–Crippen MR) is 75.2 cm³/mol. The summed E-state index contributed by atoms with van der Waals surface area (Å²) in [5, 5.41) is 3.12. The summed E-state index contributed by atoms with van der Waals surface area (Å²) in [4.78, 5) is 4.45. The average Bonchev–Trinajstić information content (AvgIpc) is 2.74. The van der Waals surface area contributed by atoms with Crippen LogP contribution in [0, 0.1) is 13.8 Å². The van der Waals surface area contributed by atoms with Crippen molar-refractivity contribution in [1.82, 2.24) is 4.98 Å². The van der Waals surface area contributed by atoms with Crippen molar-refractivity contribution >= 4 is 11.3 Å². The van der Waals surface area contributed by atoms with E-state index in [1.165, 1.54) is 5.56 Å². The van der Waals surface area contributed by atoms with Gasteiger partial charge in [0.05, 0.1) is 12.1 Å². The summed E-state index contributed by atoms with van der Waals surface area (Å²) < 4.78 is 5.37. The van der Waals surface area contributed by atoms with Crippen molar-refractivity contribution < 1.29 is 4.74 Å². The molecule has 0 spiro atoms. The van der Waals surface area contributed by atoms with Gasteiger partial charge in [0.15, 0.2) is 0 Å². The fourth-order valence-corrected chi connectivity index (χ4v) is 2.77. The quantitative estimate of drug-likeness (QED) is 0.921. The first kappa shape index (κ1) is 13.1. The van der Waals surface area contributed by atoms with Crippen LogP contribution >= 0.6 is 11.3 Å². The lowest BCUT2D eigenvalue weighted by Gasteiger charge is -2.15. The van der Waals surface area contributed by atoms with E-state index in [1.807, 2.05) is 19.1 Å². The molecular formula is C14H18N2OS. The molecule has 1 atom stereocenters. The first-order valence-electron chi connectivity index (χ1n) is 5.91. The lowest BCUT2D eigenvalue weighted by Crippen LogP contribution is -2.14. The van der Waals surface area contributed by atoms with E-state index in [0.29, 0.717) is 0 Å². The summed E-state index contributed by atoms with van der Waals surface area (Å²) in [6.45, 7) is 4.06. The fourth-order valence-electron chi connectivity index (χ4n) is 1.94. The molecule has 18 heavy (non-hydrogen) atoms. The molecule has 4 heteroatoms. The van der Waals surface area contributed by atoms with E-state index < -0.39 is 0 Å². The van der Waals surface area contributed by atoms with Gasteiger partial charge in [-0.3, -0.25) is 0 Å². The van der Waals surface area contributed by atoms with E-state index >= 15 is 0 Å². The second-order valence-corrected chi connectivity index (χ2v) is 5.38. The van der Waals surface area contributed by atoms with Gasteiger partial charge in [-0.05, 0) is 19.9 Å². The van der Waals surface area contributed by atoms with Crippen LogP contribution in [0.2, 0.25) is 0 Å². The van der Waals surface area contributed by atoms with Crippen LogP contribution in [-0.2, 0) is 6.42 Å². The van der Waals surface area contributed by atoms with Gasteiger partial charge in [0.1, 0.15) is 5.75 Å². The Morgan fingerprint density at radius 3 is 2.78 bits per heavy atom. The molecule has 0 fully saturated rings. The van der Waals surface area contributed by atoms with Gasteiger partial charge < -0.3 is 10.5 Å². The number of thiazole rings is 1. The minimum Gasteiger partial charge on any atom is -0.496 e. The van der Waals surface area contributed by atoms with Crippen LogP contribution in [0.3, 0.4) is 0 Å². The molecular weight excluding hydrogens is 244 g/mol. The zero-order chi connectivity index (χ0) is 13.1. The molecule has 2 rings (SSSR count). The molecule has 96 valence electrons. The third-order valence-corrected chi connectivity index (χ3v) is 3.83. The van der Waals surface area contributed by atoms with Crippen LogP contribution in [0.4, 0.5) is 0 Å². The summed E-state index contributed by atoms with van der Waals surface area (Å²) in [6, 6.07) is 6.01. The number of hydrogen-bond donors (Lipinski definition) is 1. The van der Waals surface area contributed by atoms with Crippen LogP contribution in [0.25, 0.3) is 0 Å². The highest BCUT2D eigenvalue weighted by Crippen LogP contribution is 2.27. The van der Waals surface area contributed by atoms with Crippen molar-refractivity contribution in [1.29, 1.82) is 0 Å². The van der Waals surface area contributed by atoms with Crippen molar-refractivity contribution in [2.45, 2.75) is 26.3 Å². The largest absolute Gasteiger partial charge is 0.496 e. The normalized spacial score (nSPS) is 12.4. The smallest absolute Gasteiger partial charge is 0.123 e. The number of nitrogens with zero attached hydrogens (tertiary/aromatic N) is 1. The van der Waals surface area contributed by atoms with Crippen molar-refractivity contribution in [3.8, 4) is 5.75 Å². The van der Waals surface area contributed by atoms with Gasteiger partial charge in [0.25, 0.3) is 0 Å². The summed E-state index contributed by atoms with van der Waals surface area (Å²) >= 11 is 1.66. The van der Waals surface area contributed by atoms with Crippen molar-refractivity contribution in [2.75, 3.05) is 7.11 Å². The number of nitrogens with two attached hydrogens (primary N) is 1. The summed E-state index contributed by atoms with van der Waals surface area (Å²) in [6.07, 6.45) is 0.748. The maximum absolute atomic E-state index is 6.27. The third kappa shape index (κ3) is 2.89. The molecule has 0 aliphatic heterocycles. The van der Waals surface area contributed by atoms with Gasteiger partial charge in [-0.15, -0.1) is 11.3 Å². The molecule has 0 amide bonds. The van der Waals surface area contributed by atoms with Crippen molar-refractivity contribution in [3.63, 3.8) is 0 Å². The van der Waals surface area contributed by atoms with Gasteiger partial charge in [0, 0.05) is 29.1 Å². The van der Waals surface area contributed by atoms with Crippen molar-refractivity contribution in [2.24, 2.45) is 5.73 Å². The number of benzene rings is 1. The first-order valence-corrected chi connectivity index (χ1v) is 6.79. The van der Waals surface area contributed by atoms with E-state index in [-0.39, 0.29) is 6.04 Å². The SMILES string of the molecule is COc1ccc(C)cc1C(N)Cc1nc(C)cs1. The maximum Gasteiger partial charge on any atom is 0.123 e. The van der Waals surface area contributed by atoms with Crippen LogP contribution in [0.15, 0.2) is 23.6 Å². The molecule has 1 aromatic carbocycles. The van der Waals surface area contributed by atoms with Gasteiger partial charge in [-0.25, -0.2) is 4.98 Å². The highest BCUT2D eigenvalue weighted by molar-refractivity contribution is 7.09. The number of hydrogen-bond acceptors (Lipinski definition) is 4. The molecule has 0 saturated carbocycles. The van der Waals surface area contributed by atoms with E-state index in [1.54, 1.807) is 18.4 Å². The lowest BCUT2D eigenvalue weighted by atomic mass is 10.0. The van der Waals surface area contributed by atoms with Crippen LogP contribution < -0.4 is 10.5 Å². The zero-order valence-electron chi connectivity index (χ0n) is 10.9. The second kappa shape index (κ2) is 5.50. The Morgan fingerprint density at radius 2 is 2.17 bits per heavy atom. The molecule has 2 aromatic rings. The van der Waals surface area contributed by atoms with Crippen LogP contribution in [0.5, 0.6) is 5.75 Å². The molecule has 0 saturated heterocycles. The molecule has 1 aromatic heterocycles. The number of aromatic nitrogens is 1. The van der Waals surface area contributed by atoms with E-state index in [0.717, 1.165) is 28.4 Å². The number of methoxy groups -OCH3 is 1. The van der Waals surface area contributed by atoms with E-state index in [9.17, 15) is 0 Å². The molecule has 2 N–H and O–H groups in total. The Hall–Kier alpha value is -1.39. The topological polar surface area (TPSA) is 48.1 Å². The van der Waals surface area contributed by atoms with E-state index in [2.05, 4.69) is 23.4 Å². The molecule has 3 nitrogen and oxygen atoms in total. The average molecular weight is 262 g/mol. The lowest BCUT2D eigenvalue weighted by molar-refractivity contribution is 0.405. The molecule has 0 aliphatic rings. The summed E-state index contributed by atoms with van der Waals surface area (Å²) in [7, 11) is 1.68. The Balaban J connectivity index is 2.22. The number of rotatable bonds is 4. The number of aryl methyl sites for hydroxylation is 2. The highest BCUT2D eigenvalue weighted by atomic mass is 32.1. The standard InChI is InChI=1S/C14H18N2OS/c1-9-4-5-13(17-3)11(6-9)12(15)7-14-16-10(2)8-18-14/h4-6,8,12H,7,15H2,1-3H3.